The maximum Gasteiger partial charge on any atom is 0.266 e. The first-order chi connectivity index (χ1) is 10.5. The van der Waals surface area contributed by atoms with Gasteiger partial charge >= 0.3 is 0 Å². The third kappa shape index (κ3) is 3.68. The van der Waals surface area contributed by atoms with E-state index in [2.05, 4.69) is 5.32 Å². The van der Waals surface area contributed by atoms with Crippen LogP contribution in [0.4, 0.5) is 5.69 Å². The standard InChI is InChI=1S/C16H13ClN2O3/c1-10-3-5-13(22-10)7-11(9-18)16(20)19-14-8-12(17)4-6-15(14)21-2/h3-8H,1-2H3,(H,19,20)/b11-7+. The largest absolute Gasteiger partial charge is 0.495 e. The van der Waals surface area contributed by atoms with E-state index in [0.29, 0.717) is 28.0 Å². The number of ether oxygens (including phenoxy) is 1. The highest BCUT2D eigenvalue weighted by molar-refractivity contribution is 6.31. The maximum absolute atomic E-state index is 12.2. The third-order valence-electron chi connectivity index (χ3n) is 2.82. The van der Waals surface area contributed by atoms with E-state index in [1.807, 2.05) is 6.07 Å². The van der Waals surface area contributed by atoms with Crippen molar-refractivity contribution in [3.8, 4) is 11.8 Å². The summed E-state index contributed by atoms with van der Waals surface area (Å²) in [6, 6.07) is 10.1. The number of hydrogen-bond donors (Lipinski definition) is 1. The van der Waals surface area contributed by atoms with Gasteiger partial charge in [0.2, 0.25) is 0 Å². The predicted molar refractivity (Wildman–Crippen MR) is 83.7 cm³/mol. The number of furan rings is 1. The highest BCUT2D eigenvalue weighted by Gasteiger charge is 2.13. The summed E-state index contributed by atoms with van der Waals surface area (Å²) in [5, 5.41) is 12.2. The second kappa shape index (κ2) is 6.83. The number of methoxy groups -OCH3 is 1. The molecular formula is C16H13ClN2O3. The van der Waals surface area contributed by atoms with E-state index in [1.54, 1.807) is 37.3 Å². The van der Waals surface area contributed by atoms with E-state index >= 15 is 0 Å². The Hall–Kier alpha value is -2.71. The molecule has 0 bridgehead atoms. The molecule has 112 valence electrons. The molecule has 2 rings (SSSR count). The van der Waals surface area contributed by atoms with Crippen LogP contribution in [0.15, 0.2) is 40.3 Å². The Morgan fingerprint density at radius 3 is 2.77 bits per heavy atom. The molecule has 0 radical (unpaired) electrons. The van der Waals surface area contributed by atoms with Crippen LogP contribution >= 0.6 is 11.6 Å². The van der Waals surface area contributed by atoms with Gasteiger partial charge in [-0.2, -0.15) is 5.26 Å². The molecule has 1 heterocycles. The van der Waals surface area contributed by atoms with Crippen LogP contribution < -0.4 is 10.1 Å². The molecule has 1 amide bonds. The quantitative estimate of drug-likeness (QED) is 0.687. The summed E-state index contributed by atoms with van der Waals surface area (Å²) in [6.45, 7) is 1.78. The number of benzene rings is 1. The predicted octanol–water partition coefficient (Wildman–Crippen LogP) is 3.80. The molecule has 0 saturated carbocycles. The summed E-state index contributed by atoms with van der Waals surface area (Å²) in [5.41, 5.74) is 0.299. The van der Waals surface area contributed by atoms with Crippen LogP contribution in [0.1, 0.15) is 11.5 Å². The van der Waals surface area contributed by atoms with Crippen molar-refractivity contribution in [1.29, 1.82) is 5.26 Å². The zero-order valence-corrected chi connectivity index (χ0v) is 12.8. The fourth-order valence-electron chi connectivity index (χ4n) is 1.79. The lowest BCUT2D eigenvalue weighted by Crippen LogP contribution is -2.14. The average Bonchev–Trinajstić information content (AvgIpc) is 2.90. The Labute approximate surface area is 132 Å². The smallest absolute Gasteiger partial charge is 0.266 e. The Kier molecular flexibility index (Phi) is 4.87. The van der Waals surface area contributed by atoms with Crippen molar-refractivity contribution in [2.75, 3.05) is 12.4 Å². The minimum atomic E-state index is -0.572. The molecule has 0 aliphatic carbocycles. The number of anilines is 1. The molecule has 22 heavy (non-hydrogen) atoms. The van der Waals surface area contributed by atoms with Gasteiger partial charge in [0, 0.05) is 11.1 Å². The van der Waals surface area contributed by atoms with Crippen molar-refractivity contribution in [3.63, 3.8) is 0 Å². The van der Waals surface area contributed by atoms with Gasteiger partial charge in [0.25, 0.3) is 5.91 Å². The molecule has 0 fully saturated rings. The number of nitrogens with one attached hydrogen (secondary N) is 1. The highest BCUT2D eigenvalue weighted by Crippen LogP contribution is 2.28. The number of halogens is 1. The monoisotopic (exact) mass is 316 g/mol. The zero-order chi connectivity index (χ0) is 16.1. The minimum absolute atomic E-state index is 0.0867. The van der Waals surface area contributed by atoms with E-state index in [9.17, 15) is 4.79 Å². The van der Waals surface area contributed by atoms with Crippen molar-refractivity contribution in [2.45, 2.75) is 6.92 Å². The lowest BCUT2D eigenvalue weighted by molar-refractivity contribution is -0.112. The van der Waals surface area contributed by atoms with Gasteiger partial charge in [-0.1, -0.05) is 11.6 Å². The second-order valence-electron chi connectivity index (χ2n) is 4.42. The van der Waals surface area contributed by atoms with Crippen LogP contribution in [-0.2, 0) is 4.79 Å². The number of nitrogens with zero attached hydrogens (tertiary/aromatic N) is 1. The first kappa shape index (κ1) is 15.7. The number of aryl methyl sites for hydroxylation is 1. The molecule has 0 atom stereocenters. The zero-order valence-electron chi connectivity index (χ0n) is 12.0. The molecule has 0 saturated heterocycles. The molecule has 1 aromatic carbocycles. The van der Waals surface area contributed by atoms with E-state index < -0.39 is 5.91 Å². The molecule has 2 aromatic rings. The number of amides is 1. The molecule has 0 unspecified atom stereocenters. The minimum Gasteiger partial charge on any atom is -0.495 e. The van der Waals surface area contributed by atoms with Crippen molar-refractivity contribution in [3.05, 3.63) is 52.4 Å². The van der Waals surface area contributed by atoms with Crippen LogP contribution in [0.25, 0.3) is 6.08 Å². The van der Waals surface area contributed by atoms with Gasteiger partial charge in [0.05, 0.1) is 12.8 Å². The second-order valence-corrected chi connectivity index (χ2v) is 4.85. The van der Waals surface area contributed by atoms with Crippen LogP contribution in [0.3, 0.4) is 0 Å². The summed E-state index contributed by atoms with van der Waals surface area (Å²) >= 11 is 5.90. The van der Waals surface area contributed by atoms with Gasteiger partial charge < -0.3 is 14.5 Å². The fraction of sp³-hybridized carbons (Fsp3) is 0.125. The summed E-state index contributed by atoms with van der Waals surface area (Å²) in [5.74, 6) is 1.00. The summed E-state index contributed by atoms with van der Waals surface area (Å²) in [6.07, 6.45) is 1.37. The SMILES string of the molecule is COc1ccc(Cl)cc1NC(=O)/C(C#N)=C/c1ccc(C)o1. The molecule has 1 N–H and O–H groups in total. The maximum atomic E-state index is 12.2. The third-order valence-corrected chi connectivity index (χ3v) is 3.06. The average molecular weight is 317 g/mol. The molecule has 5 nitrogen and oxygen atoms in total. The molecule has 0 spiro atoms. The van der Waals surface area contributed by atoms with Gasteiger partial charge in [-0.05, 0) is 37.3 Å². The van der Waals surface area contributed by atoms with Crippen molar-refractivity contribution in [2.24, 2.45) is 0 Å². The Balaban J connectivity index is 2.25. The van der Waals surface area contributed by atoms with Crippen molar-refractivity contribution >= 4 is 29.3 Å². The number of rotatable bonds is 4. The van der Waals surface area contributed by atoms with E-state index in [0.717, 1.165) is 0 Å². The van der Waals surface area contributed by atoms with Crippen LogP contribution in [0.5, 0.6) is 5.75 Å². The van der Waals surface area contributed by atoms with Gasteiger partial charge in [0.15, 0.2) is 0 Å². The van der Waals surface area contributed by atoms with Gasteiger partial charge in [-0.3, -0.25) is 4.79 Å². The van der Waals surface area contributed by atoms with Crippen LogP contribution in [-0.4, -0.2) is 13.0 Å². The van der Waals surface area contributed by atoms with E-state index in [-0.39, 0.29) is 5.57 Å². The van der Waals surface area contributed by atoms with Crippen molar-refractivity contribution < 1.29 is 13.9 Å². The van der Waals surface area contributed by atoms with Gasteiger partial charge in [0.1, 0.15) is 28.9 Å². The van der Waals surface area contributed by atoms with E-state index in [4.69, 9.17) is 26.0 Å². The first-order valence-electron chi connectivity index (χ1n) is 6.36. The van der Waals surface area contributed by atoms with Gasteiger partial charge in [-0.15, -0.1) is 0 Å². The normalized spacial score (nSPS) is 10.9. The molecule has 0 aliphatic heterocycles. The number of nitriles is 1. The number of hydrogen-bond acceptors (Lipinski definition) is 4. The topological polar surface area (TPSA) is 75.3 Å². The Morgan fingerprint density at radius 1 is 1.41 bits per heavy atom. The molecular weight excluding hydrogens is 304 g/mol. The number of carbonyl (C=O) groups excluding carboxylic acids is 1. The summed E-state index contributed by atoms with van der Waals surface area (Å²) in [7, 11) is 1.48. The number of carbonyl (C=O) groups is 1. The fourth-order valence-corrected chi connectivity index (χ4v) is 1.96. The Morgan fingerprint density at radius 2 is 2.18 bits per heavy atom. The first-order valence-corrected chi connectivity index (χ1v) is 6.74. The summed E-state index contributed by atoms with van der Waals surface area (Å²) < 4.78 is 10.5. The lowest BCUT2D eigenvalue weighted by atomic mass is 10.2. The van der Waals surface area contributed by atoms with Crippen molar-refractivity contribution in [1.82, 2.24) is 0 Å². The molecule has 0 aliphatic rings. The van der Waals surface area contributed by atoms with E-state index in [1.165, 1.54) is 13.2 Å². The Bertz CT molecular complexity index is 772. The van der Waals surface area contributed by atoms with Gasteiger partial charge in [-0.25, -0.2) is 0 Å². The highest BCUT2D eigenvalue weighted by atomic mass is 35.5. The molecule has 1 aromatic heterocycles. The lowest BCUT2D eigenvalue weighted by Gasteiger charge is -2.09. The van der Waals surface area contributed by atoms with Crippen LogP contribution in [0, 0.1) is 18.3 Å². The summed E-state index contributed by atoms with van der Waals surface area (Å²) in [4.78, 5) is 12.2. The molecule has 6 heteroatoms. The van der Waals surface area contributed by atoms with Crippen LogP contribution in [0.2, 0.25) is 5.02 Å².